The number of ketones is 1. The van der Waals surface area contributed by atoms with Gasteiger partial charge in [0.2, 0.25) is 0 Å². The average Bonchev–Trinajstić information content (AvgIpc) is 2.53. The van der Waals surface area contributed by atoms with Crippen molar-refractivity contribution in [1.82, 2.24) is 0 Å². The summed E-state index contributed by atoms with van der Waals surface area (Å²) >= 11 is -0.542. The molecule has 2 aromatic carbocycles. The van der Waals surface area contributed by atoms with Crippen LogP contribution in [0.2, 0.25) is 0 Å². The fraction of sp³-hybridized carbons (Fsp3) is 0.0625. The van der Waals surface area contributed by atoms with Crippen molar-refractivity contribution in [2.75, 3.05) is 7.11 Å². The van der Waals surface area contributed by atoms with Gasteiger partial charge in [-0.2, -0.15) is 0 Å². The van der Waals surface area contributed by atoms with E-state index in [9.17, 15) is 14.4 Å². The molecule has 2 aromatic rings. The summed E-state index contributed by atoms with van der Waals surface area (Å²) in [6.07, 6.45) is 0.315. The van der Waals surface area contributed by atoms with Gasteiger partial charge < -0.3 is 0 Å². The summed E-state index contributed by atoms with van der Waals surface area (Å²) in [6.45, 7) is 0. The fourth-order valence-corrected chi connectivity index (χ4v) is 4.16. The van der Waals surface area contributed by atoms with E-state index in [2.05, 4.69) is 0 Å². The number of carbonyl (C=O) groups excluding carboxylic acids is 3. The molecule has 0 unspecified atom stereocenters. The Bertz CT molecular complexity index is 694. The van der Waals surface area contributed by atoms with Gasteiger partial charge in [-0.3, -0.25) is 0 Å². The van der Waals surface area contributed by atoms with Crippen molar-refractivity contribution in [1.29, 1.82) is 0 Å². The second kappa shape index (κ2) is 7.12. The predicted molar refractivity (Wildman–Crippen MR) is 72.0 cm³/mol. The van der Waals surface area contributed by atoms with Gasteiger partial charge in [0.15, 0.2) is 0 Å². The molecule has 0 N–H and O–H groups in total. The number of hydrogen-bond donors (Lipinski definition) is 0. The number of aldehydes is 1. The van der Waals surface area contributed by atoms with Crippen molar-refractivity contribution >= 4 is 18.0 Å². The van der Waals surface area contributed by atoms with E-state index in [1.54, 1.807) is 30.3 Å². The van der Waals surface area contributed by atoms with Crippen molar-refractivity contribution in [2.24, 2.45) is 0 Å². The van der Waals surface area contributed by atoms with Crippen LogP contribution in [0.25, 0.3) is 0 Å². The molecule has 0 aliphatic heterocycles. The zero-order valence-electron chi connectivity index (χ0n) is 11.2. The number of halogens is 1. The summed E-state index contributed by atoms with van der Waals surface area (Å²) in [7, 11) is 1.35. The van der Waals surface area contributed by atoms with E-state index < -0.39 is 27.0 Å². The maximum absolute atomic E-state index is 11.5. The van der Waals surface area contributed by atoms with Gasteiger partial charge in [-0.15, -0.1) is 0 Å². The molecule has 0 spiro atoms. The van der Waals surface area contributed by atoms with E-state index in [0.29, 0.717) is 17.4 Å². The summed E-state index contributed by atoms with van der Waals surface area (Å²) in [6, 6.07) is 14.3. The molecule has 0 atom stereocenters. The molecule has 0 aliphatic rings. The van der Waals surface area contributed by atoms with Crippen LogP contribution in [0.3, 0.4) is 0 Å². The first kappa shape index (κ1) is 15.4. The van der Waals surface area contributed by atoms with E-state index in [-0.39, 0.29) is 5.97 Å². The third kappa shape index (κ3) is 3.98. The molecule has 21 heavy (non-hydrogen) atoms. The minimum absolute atomic E-state index is 0.315. The van der Waals surface area contributed by atoms with Crippen molar-refractivity contribution < 1.29 is 40.3 Å². The molecule has 0 heterocycles. The molecule has 0 fully saturated rings. The molecule has 0 radical (unpaired) electrons. The molecule has 0 saturated heterocycles. The summed E-state index contributed by atoms with van der Waals surface area (Å²) in [4.78, 5) is 33.4. The third-order valence-electron chi connectivity index (χ3n) is 2.68. The fourth-order valence-electron chi connectivity index (χ4n) is 1.69. The number of ether oxygens (including phenoxy) is 1. The first-order valence-corrected chi connectivity index (χ1v) is 8.22. The summed E-state index contributed by atoms with van der Waals surface area (Å²) in [5.41, 5.74) is 0.904. The molecule has 0 aliphatic carbocycles. The zero-order valence-corrected chi connectivity index (χ0v) is 13.4. The normalized spacial score (nSPS) is 10.1. The first-order valence-electron chi connectivity index (χ1n) is 6.07. The van der Waals surface area contributed by atoms with Gasteiger partial charge in [-0.1, -0.05) is 0 Å². The average molecular weight is 395 g/mol. The Kier molecular flexibility index (Phi) is 5.21. The van der Waals surface area contributed by atoms with E-state index in [1.165, 1.54) is 7.11 Å². The maximum atomic E-state index is 11.5. The minimum atomic E-state index is -0.542. The number of hydrogen-bond acceptors (Lipinski definition) is 4. The summed E-state index contributed by atoms with van der Waals surface area (Å²) < 4.78 is 6.73. The summed E-state index contributed by atoms with van der Waals surface area (Å²) in [5, 5.41) is 0. The Morgan fingerprint density at radius 1 is 1.00 bits per heavy atom. The SMILES string of the molecule is COC(=O)c1cccc([I-]c2cccc(C(=O)C=O)c2)c1. The van der Waals surface area contributed by atoms with Crippen LogP contribution in [-0.4, -0.2) is 25.1 Å². The van der Waals surface area contributed by atoms with Crippen molar-refractivity contribution in [3.63, 3.8) is 0 Å². The second-order valence-electron chi connectivity index (χ2n) is 4.09. The second-order valence-corrected chi connectivity index (χ2v) is 7.12. The molecule has 0 saturated carbocycles. The van der Waals surface area contributed by atoms with Crippen molar-refractivity contribution in [2.45, 2.75) is 0 Å². The van der Waals surface area contributed by atoms with Crippen molar-refractivity contribution in [3.05, 3.63) is 66.8 Å². The number of esters is 1. The summed E-state index contributed by atoms with van der Waals surface area (Å²) in [5.74, 6) is -0.894. The Morgan fingerprint density at radius 3 is 2.14 bits per heavy atom. The quantitative estimate of drug-likeness (QED) is 0.214. The molecule has 0 amide bonds. The van der Waals surface area contributed by atoms with Crippen LogP contribution >= 0.6 is 0 Å². The van der Waals surface area contributed by atoms with Crippen LogP contribution < -0.4 is 21.2 Å². The van der Waals surface area contributed by atoms with E-state index >= 15 is 0 Å². The Balaban J connectivity index is 2.24. The van der Waals surface area contributed by atoms with Gasteiger partial charge in [0.05, 0.1) is 0 Å². The van der Waals surface area contributed by atoms with Gasteiger partial charge in [-0.05, 0) is 0 Å². The monoisotopic (exact) mass is 395 g/mol. The van der Waals surface area contributed by atoms with Gasteiger partial charge >= 0.3 is 132 Å². The van der Waals surface area contributed by atoms with Crippen LogP contribution in [0.15, 0.2) is 48.5 Å². The van der Waals surface area contributed by atoms with Crippen molar-refractivity contribution in [3.8, 4) is 0 Å². The van der Waals surface area contributed by atoms with Crippen LogP contribution in [0.5, 0.6) is 0 Å². The van der Waals surface area contributed by atoms with Crippen LogP contribution in [-0.2, 0) is 9.53 Å². The van der Waals surface area contributed by atoms with E-state index in [1.807, 2.05) is 18.2 Å². The van der Waals surface area contributed by atoms with Gasteiger partial charge in [0.1, 0.15) is 0 Å². The Hall–Kier alpha value is -2.02. The zero-order chi connectivity index (χ0) is 15.2. The number of benzene rings is 2. The predicted octanol–water partition coefficient (Wildman–Crippen LogP) is -1.02. The van der Waals surface area contributed by atoms with Gasteiger partial charge in [-0.25, -0.2) is 0 Å². The van der Waals surface area contributed by atoms with Gasteiger partial charge in [0, 0.05) is 0 Å². The number of Topliss-reactive ketones (excluding diaryl/α,β-unsaturated/α-hetero) is 1. The topological polar surface area (TPSA) is 60.4 Å². The Morgan fingerprint density at radius 2 is 1.57 bits per heavy atom. The number of carbonyl (C=O) groups is 3. The molecular weight excluding hydrogens is 383 g/mol. The molecule has 4 nitrogen and oxygen atoms in total. The van der Waals surface area contributed by atoms with Crippen LogP contribution in [0.4, 0.5) is 0 Å². The molecular formula is C16H12IO4-. The molecule has 2 rings (SSSR count). The molecule has 5 heteroatoms. The molecule has 0 bridgehead atoms. The van der Waals surface area contributed by atoms with Crippen LogP contribution in [0.1, 0.15) is 20.7 Å². The standard InChI is InChI=1S/C16H12IO4/c1-21-16(20)12-5-3-7-14(9-12)17-13-6-2-4-11(8-13)15(19)10-18/h2-10H,1H3/q-1. The molecule has 108 valence electrons. The Labute approximate surface area is 132 Å². The number of methoxy groups -OCH3 is 1. The first-order chi connectivity index (χ1) is 10.1. The number of rotatable bonds is 5. The van der Waals surface area contributed by atoms with E-state index in [0.717, 1.165) is 7.14 Å². The third-order valence-corrected chi connectivity index (χ3v) is 5.27. The van der Waals surface area contributed by atoms with Gasteiger partial charge in [0.25, 0.3) is 0 Å². The molecule has 0 aromatic heterocycles. The van der Waals surface area contributed by atoms with Crippen LogP contribution in [0, 0.1) is 7.14 Å². The van der Waals surface area contributed by atoms with E-state index in [4.69, 9.17) is 4.74 Å².